The Bertz CT molecular complexity index is 1260. The second-order valence-electron chi connectivity index (χ2n) is 7.61. The summed E-state index contributed by atoms with van der Waals surface area (Å²) < 4.78 is 16.5. The van der Waals surface area contributed by atoms with Gasteiger partial charge in [-0.25, -0.2) is 4.98 Å². The number of carbonyl (C=O) groups is 1. The Labute approximate surface area is 213 Å². The Kier molecular flexibility index (Phi) is 8.23. The van der Waals surface area contributed by atoms with Crippen LogP contribution in [0, 0.1) is 0 Å². The van der Waals surface area contributed by atoms with Gasteiger partial charge in [-0.3, -0.25) is 9.69 Å². The molecular formula is C27H25ClN2O4S. The molecule has 1 amide bonds. The molecule has 0 fully saturated rings. The predicted molar refractivity (Wildman–Crippen MR) is 140 cm³/mol. The highest BCUT2D eigenvalue weighted by Crippen LogP contribution is 2.30. The number of rotatable bonds is 10. The lowest BCUT2D eigenvalue weighted by atomic mass is 10.1. The molecule has 0 bridgehead atoms. The number of hydrogen-bond acceptors (Lipinski definition) is 6. The predicted octanol–water partition coefficient (Wildman–Crippen LogP) is 6.14. The monoisotopic (exact) mass is 508 g/mol. The quantitative estimate of drug-likeness (QED) is 0.257. The minimum atomic E-state index is -0.186. The van der Waals surface area contributed by atoms with Gasteiger partial charge in [-0.15, -0.1) is 11.3 Å². The van der Waals surface area contributed by atoms with E-state index >= 15 is 0 Å². The fourth-order valence-electron chi connectivity index (χ4n) is 3.49. The first-order valence-electron chi connectivity index (χ1n) is 11.0. The molecule has 6 nitrogen and oxygen atoms in total. The van der Waals surface area contributed by atoms with Crippen LogP contribution in [0.2, 0.25) is 5.02 Å². The average Bonchev–Trinajstić information content (AvgIpc) is 3.39. The summed E-state index contributed by atoms with van der Waals surface area (Å²) in [5, 5.41) is 3.19. The molecule has 0 saturated heterocycles. The van der Waals surface area contributed by atoms with Crippen LogP contribution in [0.5, 0.6) is 17.2 Å². The van der Waals surface area contributed by atoms with Crippen LogP contribution in [0.3, 0.4) is 0 Å². The second kappa shape index (κ2) is 11.7. The molecule has 0 saturated carbocycles. The van der Waals surface area contributed by atoms with E-state index in [9.17, 15) is 4.79 Å². The normalized spacial score (nSPS) is 10.6. The Balaban J connectivity index is 1.53. The lowest BCUT2D eigenvalue weighted by Gasteiger charge is -2.20. The van der Waals surface area contributed by atoms with Crippen molar-refractivity contribution < 1.29 is 19.0 Å². The molecular weight excluding hydrogens is 484 g/mol. The molecule has 4 rings (SSSR count). The van der Waals surface area contributed by atoms with E-state index in [1.165, 1.54) is 11.3 Å². The molecule has 0 aliphatic carbocycles. The summed E-state index contributed by atoms with van der Waals surface area (Å²) in [5.41, 5.74) is 2.84. The van der Waals surface area contributed by atoms with E-state index in [1.807, 2.05) is 53.9 Å². The van der Waals surface area contributed by atoms with Crippen molar-refractivity contribution >= 4 is 34.0 Å². The summed E-state index contributed by atoms with van der Waals surface area (Å²) in [6.45, 7) is 0.313. The molecule has 0 spiro atoms. The molecule has 4 aromatic rings. The van der Waals surface area contributed by atoms with Crippen LogP contribution in [0.4, 0.5) is 5.13 Å². The molecule has 180 valence electrons. The van der Waals surface area contributed by atoms with Crippen molar-refractivity contribution in [2.75, 3.05) is 32.3 Å². The highest BCUT2D eigenvalue weighted by molar-refractivity contribution is 7.14. The van der Waals surface area contributed by atoms with E-state index in [0.717, 1.165) is 16.8 Å². The number of nitrogens with zero attached hydrogens (tertiary/aromatic N) is 2. The van der Waals surface area contributed by atoms with Gasteiger partial charge in [0.1, 0.15) is 5.75 Å². The highest BCUT2D eigenvalue weighted by atomic mass is 35.5. The number of benzene rings is 3. The van der Waals surface area contributed by atoms with E-state index < -0.39 is 0 Å². The van der Waals surface area contributed by atoms with Crippen molar-refractivity contribution in [2.24, 2.45) is 0 Å². The third-order valence-corrected chi connectivity index (χ3v) is 6.46. The van der Waals surface area contributed by atoms with Crippen molar-refractivity contribution in [1.82, 2.24) is 4.98 Å². The number of methoxy groups -OCH3 is 2. The van der Waals surface area contributed by atoms with E-state index in [1.54, 1.807) is 43.4 Å². The zero-order valence-electron chi connectivity index (χ0n) is 19.4. The molecule has 0 aliphatic heterocycles. The van der Waals surface area contributed by atoms with Gasteiger partial charge in [0.15, 0.2) is 23.2 Å². The Morgan fingerprint density at radius 1 is 0.971 bits per heavy atom. The van der Waals surface area contributed by atoms with Crippen LogP contribution in [-0.4, -0.2) is 38.3 Å². The molecule has 8 heteroatoms. The Morgan fingerprint density at radius 2 is 1.71 bits per heavy atom. The molecule has 0 unspecified atom stereocenters. The maximum absolute atomic E-state index is 13.3. The van der Waals surface area contributed by atoms with Crippen molar-refractivity contribution in [3.05, 3.63) is 88.8 Å². The number of halogens is 1. The molecule has 0 atom stereocenters. The molecule has 0 radical (unpaired) electrons. The zero-order chi connectivity index (χ0) is 24.6. The van der Waals surface area contributed by atoms with Crippen LogP contribution >= 0.6 is 22.9 Å². The molecule has 1 aromatic heterocycles. The number of anilines is 1. The lowest BCUT2D eigenvalue weighted by Crippen LogP contribution is -2.36. The average molecular weight is 509 g/mol. The number of carbonyl (C=O) groups excluding carboxylic acids is 1. The smallest absolute Gasteiger partial charge is 0.266 e. The molecule has 0 aliphatic rings. The van der Waals surface area contributed by atoms with Gasteiger partial charge < -0.3 is 14.2 Å². The number of hydrogen-bond donors (Lipinski definition) is 0. The van der Waals surface area contributed by atoms with Gasteiger partial charge >= 0.3 is 0 Å². The van der Waals surface area contributed by atoms with Crippen LogP contribution in [0.25, 0.3) is 11.3 Å². The van der Waals surface area contributed by atoms with Crippen molar-refractivity contribution in [3.63, 3.8) is 0 Å². The number of thiazole rings is 1. The first-order chi connectivity index (χ1) is 17.1. The summed E-state index contributed by atoms with van der Waals surface area (Å²) in [6, 6.07) is 22.6. The third-order valence-electron chi connectivity index (χ3n) is 5.34. The molecule has 35 heavy (non-hydrogen) atoms. The SMILES string of the molecule is COc1ccc(CCN(C(=O)COc2ccc(Cl)cc2)c2nc(-c3ccccc3)cs2)cc1OC. The third kappa shape index (κ3) is 6.32. The van der Waals surface area contributed by atoms with Gasteiger partial charge in [-0.2, -0.15) is 0 Å². The second-order valence-corrected chi connectivity index (χ2v) is 8.88. The highest BCUT2D eigenvalue weighted by Gasteiger charge is 2.21. The summed E-state index contributed by atoms with van der Waals surface area (Å²) in [5.74, 6) is 1.70. The van der Waals surface area contributed by atoms with Gasteiger partial charge in [0.05, 0.1) is 19.9 Å². The van der Waals surface area contributed by atoms with E-state index in [-0.39, 0.29) is 12.5 Å². The van der Waals surface area contributed by atoms with Gasteiger partial charge in [0.2, 0.25) is 0 Å². The van der Waals surface area contributed by atoms with Crippen LogP contribution in [-0.2, 0) is 11.2 Å². The largest absolute Gasteiger partial charge is 0.493 e. The zero-order valence-corrected chi connectivity index (χ0v) is 21.0. The fraction of sp³-hybridized carbons (Fsp3) is 0.185. The van der Waals surface area contributed by atoms with Gasteiger partial charge in [0.25, 0.3) is 5.91 Å². The van der Waals surface area contributed by atoms with E-state index in [4.69, 9.17) is 30.8 Å². The number of amides is 1. The van der Waals surface area contributed by atoms with Crippen molar-refractivity contribution in [3.8, 4) is 28.5 Å². The summed E-state index contributed by atoms with van der Waals surface area (Å²) in [6.07, 6.45) is 0.604. The Morgan fingerprint density at radius 3 is 2.43 bits per heavy atom. The van der Waals surface area contributed by atoms with Gasteiger partial charge in [-0.05, 0) is 48.4 Å². The van der Waals surface area contributed by atoms with Gasteiger partial charge in [-0.1, -0.05) is 48.0 Å². The van der Waals surface area contributed by atoms with E-state index in [0.29, 0.717) is 40.4 Å². The topological polar surface area (TPSA) is 60.9 Å². The maximum atomic E-state index is 13.3. The summed E-state index contributed by atoms with van der Waals surface area (Å²) >= 11 is 7.37. The van der Waals surface area contributed by atoms with Crippen molar-refractivity contribution in [1.29, 1.82) is 0 Å². The fourth-order valence-corrected chi connectivity index (χ4v) is 4.49. The lowest BCUT2D eigenvalue weighted by molar-refractivity contribution is -0.120. The molecule has 0 N–H and O–H groups in total. The first kappa shape index (κ1) is 24.6. The summed E-state index contributed by atoms with van der Waals surface area (Å²) in [4.78, 5) is 19.7. The minimum absolute atomic E-state index is 0.117. The number of aromatic nitrogens is 1. The first-order valence-corrected chi connectivity index (χ1v) is 12.2. The van der Waals surface area contributed by atoms with Crippen LogP contribution in [0.15, 0.2) is 78.2 Å². The summed E-state index contributed by atoms with van der Waals surface area (Å²) in [7, 11) is 3.21. The Hall–Kier alpha value is -3.55. The minimum Gasteiger partial charge on any atom is -0.493 e. The van der Waals surface area contributed by atoms with Crippen molar-refractivity contribution in [2.45, 2.75) is 6.42 Å². The standard InChI is InChI=1S/C27H25ClN2O4S/c1-32-24-13-8-19(16-25(24)33-2)14-15-30(26(31)17-34-22-11-9-21(28)10-12-22)27-29-23(18-35-27)20-6-4-3-5-7-20/h3-13,16,18H,14-15,17H2,1-2H3. The molecule has 3 aromatic carbocycles. The van der Waals surface area contributed by atoms with Gasteiger partial charge in [0, 0.05) is 22.5 Å². The number of ether oxygens (including phenoxy) is 3. The maximum Gasteiger partial charge on any atom is 0.266 e. The van der Waals surface area contributed by atoms with Crippen LogP contribution in [0.1, 0.15) is 5.56 Å². The van der Waals surface area contributed by atoms with E-state index in [2.05, 4.69) is 0 Å². The molecule has 1 heterocycles. The van der Waals surface area contributed by atoms with Crippen LogP contribution < -0.4 is 19.1 Å².